The Hall–Kier alpha value is -3.00. The van der Waals surface area contributed by atoms with E-state index in [2.05, 4.69) is 4.98 Å². The molecule has 0 spiro atoms. The molecule has 1 saturated heterocycles. The van der Waals surface area contributed by atoms with Crippen molar-refractivity contribution in [2.45, 2.75) is 19.0 Å². The van der Waals surface area contributed by atoms with E-state index in [0.29, 0.717) is 28.8 Å². The molecule has 0 unspecified atom stereocenters. The van der Waals surface area contributed by atoms with Crippen LogP contribution in [-0.4, -0.2) is 39.3 Å². The second-order valence-electron chi connectivity index (χ2n) is 6.67. The van der Waals surface area contributed by atoms with Crippen molar-refractivity contribution in [1.29, 1.82) is 0 Å². The van der Waals surface area contributed by atoms with Crippen LogP contribution in [0.3, 0.4) is 0 Å². The summed E-state index contributed by atoms with van der Waals surface area (Å²) in [4.78, 5) is 30.8. The zero-order valence-electron chi connectivity index (χ0n) is 14.2. The third kappa shape index (κ3) is 2.19. The molecule has 134 valence electrons. The SMILES string of the molecule is C[C@@H]1[C@H](N)CN1c1c2cc(F)ccc2nc2c1c(=O)c(C(=O)O)cn2C. The van der Waals surface area contributed by atoms with Gasteiger partial charge < -0.3 is 20.3 Å². The lowest BCUT2D eigenvalue weighted by atomic mass is 9.95. The number of hydrogen-bond acceptors (Lipinski definition) is 5. The number of aryl methyl sites for hydroxylation is 1. The molecule has 3 heterocycles. The number of nitrogens with zero attached hydrogens (tertiary/aromatic N) is 3. The maximum Gasteiger partial charge on any atom is 0.341 e. The van der Waals surface area contributed by atoms with Crippen LogP contribution in [0.15, 0.2) is 29.2 Å². The molecule has 1 aromatic carbocycles. The second-order valence-corrected chi connectivity index (χ2v) is 6.67. The largest absolute Gasteiger partial charge is 0.477 e. The van der Waals surface area contributed by atoms with Crippen molar-refractivity contribution in [3.05, 3.63) is 46.0 Å². The van der Waals surface area contributed by atoms with Crippen molar-refractivity contribution in [2.75, 3.05) is 11.4 Å². The normalized spacial score (nSPS) is 19.8. The molecule has 3 aromatic rings. The van der Waals surface area contributed by atoms with E-state index in [9.17, 15) is 19.1 Å². The van der Waals surface area contributed by atoms with Crippen LogP contribution in [0.25, 0.3) is 21.9 Å². The van der Waals surface area contributed by atoms with Crippen molar-refractivity contribution in [3.63, 3.8) is 0 Å². The summed E-state index contributed by atoms with van der Waals surface area (Å²) < 4.78 is 15.4. The monoisotopic (exact) mass is 356 g/mol. The molecule has 1 aliphatic heterocycles. The lowest BCUT2D eigenvalue weighted by molar-refractivity contribution is 0.0695. The molecular formula is C18H17FN4O3. The molecule has 4 rings (SSSR count). The molecule has 2 aromatic heterocycles. The average molecular weight is 356 g/mol. The van der Waals surface area contributed by atoms with E-state index in [0.717, 1.165) is 0 Å². The molecule has 8 heteroatoms. The van der Waals surface area contributed by atoms with Gasteiger partial charge in [0.05, 0.1) is 16.6 Å². The van der Waals surface area contributed by atoms with E-state index in [1.807, 2.05) is 11.8 Å². The Labute approximate surface area is 147 Å². The highest BCUT2D eigenvalue weighted by atomic mass is 19.1. The van der Waals surface area contributed by atoms with E-state index in [-0.39, 0.29) is 23.0 Å². The Morgan fingerprint density at radius 3 is 2.77 bits per heavy atom. The summed E-state index contributed by atoms with van der Waals surface area (Å²) in [7, 11) is 1.63. The fraction of sp³-hybridized carbons (Fsp3) is 0.278. The van der Waals surface area contributed by atoms with Gasteiger partial charge in [-0.3, -0.25) is 4.79 Å². The molecule has 0 saturated carbocycles. The standard InChI is InChI=1S/C18H17FN4O3/c1-8-12(20)7-23(8)15-10-5-9(19)3-4-13(10)21-17-14(15)16(24)11(18(25)26)6-22(17)2/h3-6,8,12H,7,20H2,1-2H3,(H,25,26)/t8-,12-/m1/s1. The number of rotatable bonds is 2. The van der Waals surface area contributed by atoms with E-state index < -0.39 is 17.2 Å². The molecule has 0 bridgehead atoms. The summed E-state index contributed by atoms with van der Waals surface area (Å²) in [5, 5.41) is 10.0. The Morgan fingerprint density at radius 2 is 2.15 bits per heavy atom. The highest BCUT2D eigenvalue weighted by Crippen LogP contribution is 2.37. The molecule has 7 nitrogen and oxygen atoms in total. The maximum absolute atomic E-state index is 13.9. The number of halogens is 1. The Kier molecular flexibility index (Phi) is 3.48. The molecule has 1 aliphatic rings. The quantitative estimate of drug-likeness (QED) is 0.674. The van der Waals surface area contributed by atoms with Crippen LogP contribution in [0.4, 0.5) is 10.1 Å². The van der Waals surface area contributed by atoms with Gasteiger partial charge in [-0.15, -0.1) is 0 Å². The number of nitrogens with two attached hydrogens (primary N) is 1. The van der Waals surface area contributed by atoms with Gasteiger partial charge in [-0.05, 0) is 25.1 Å². The molecule has 0 amide bonds. The summed E-state index contributed by atoms with van der Waals surface area (Å²) >= 11 is 0. The Bertz CT molecular complexity index is 1140. The average Bonchev–Trinajstić information content (AvgIpc) is 2.60. The van der Waals surface area contributed by atoms with E-state index in [4.69, 9.17) is 5.73 Å². The van der Waals surface area contributed by atoms with Gasteiger partial charge in [-0.25, -0.2) is 14.2 Å². The molecule has 2 atom stereocenters. The number of pyridine rings is 2. The van der Waals surface area contributed by atoms with Gasteiger partial charge in [0.15, 0.2) is 0 Å². The molecule has 1 fully saturated rings. The van der Waals surface area contributed by atoms with Gasteiger partial charge in [0.1, 0.15) is 17.0 Å². The summed E-state index contributed by atoms with van der Waals surface area (Å²) in [6.07, 6.45) is 1.25. The van der Waals surface area contributed by atoms with Gasteiger partial charge in [-0.1, -0.05) is 0 Å². The van der Waals surface area contributed by atoms with Gasteiger partial charge in [0.25, 0.3) is 0 Å². The van der Waals surface area contributed by atoms with Crippen LogP contribution in [0.5, 0.6) is 0 Å². The first-order valence-corrected chi connectivity index (χ1v) is 8.17. The Balaban J connectivity index is 2.21. The number of carboxylic acid groups (broad SMARTS) is 1. The van der Waals surface area contributed by atoms with Crippen LogP contribution in [0, 0.1) is 5.82 Å². The molecule has 26 heavy (non-hydrogen) atoms. The van der Waals surface area contributed by atoms with Crippen LogP contribution >= 0.6 is 0 Å². The van der Waals surface area contributed by atoms with E-state index >= 15 is 0 Å². The zero-order valence-corrected chi connectivity index (χ0v) is 14.2. The van der Waals surface area contributed by atoms with Crippen molar-refractivity contribution in [1.82, 2.24) is 9.55 Å². The summed E-state index contributed by atoms with van der Waals surface area (Å²) in [6.45, 7) is 2.41. The topological polar surface area (TPSA) is 101 Å². The maximum atomic E-state index is 13.9. The lowest BCUT2D eigenvalue weighted by Gasteiger charge is -2.46. The van der Waals surface area contributed by atoms with Gasteiger partial charge in [0, 0.05) is 37.3 Å². The number of benzene rings is 1. The van der Waals surface area contributed by atoms with Crippen molar-refractivity contribution in [2.24, 2.45) is 12.8 Å². The minimum absolute atomic E-state index is 0.0646. The summed E-state index contributed by atoms with van der Waals surface area (Å²) in [6, 6.07) is 4.03. The Morgan fingerprint density at radius 1 is 1.42 bits per heavy atom. The number of fused-ring (bicyclic) bond motifs is 2. The molecule has 3 N–H and O–H groups in total. The smallest absolute Gasteiger partial charge is 0.341 e. The number of aromatic carboxylic acids is 1. The first-order chi connectivity index (χ1) is 12.3. The number of carboxylic acids is 1. The summed E-state index contributed by atoms with van der Waals surface area (Å²) in [5.41, 5.74) is 6.39. The molecule has 0 radical (unpaired) electrons. The highest BCUT2D eigenvalue weighted by Gasteiger charge is 2.36. The first kappa shape index (κ1) is 16.5. The van der Waals surface area contributed by atoms with E-state index in [1.54, 1.807) is 13.1 Å². The minimum Gasteiger partial charge on any atom is -0.477 e. The van der Waals surface area contributed by atoms with Gasteiger partial charge >= 0.3 is 5.97 Å². The third-order valence-electron chi connectivity index (χ3n) is 5.07. The first-order valence-electron chi connectivity index (χ1n) is 8.17. The number of carbonyl (C=O) groups is 1. The molecular weight excluding hydrogens is 339 g/mol. The fourth-order valence-corrected chi connectivity index (χ4v) is 3.50. The van der Waals surface area contributed by atoms with Crippen LogP contribution in [0.1, 0.15) is 17.3 Å². The van der Waals surface area contributed by atoms with Crippen molar-refractivity contribution >= 4 is 33.6 Å². The zero-order chi connectivity index (χ0) is 18.7. The number of hydrogen-bond donors (Lipinski definition) is 2. The molecule has 0 aliphatic carbocycles. The van der Waals surface area contributed by atoms with Crippen LogP contribution in [-0.2, 0) is 7.05 Å². The minimum atomic E-state index is -1.31. The summed E-state index contributed by atoms with van der Waals surface area (Å²) in [5.74, 6) is -1.77. The van der Waals surface area contributed by atoms with Crippen LogP contribution in [0.2, 0.25) is 0 Å². The van der Waals surface area contributed by atoms with Gasteiger partial charge in [-0.2, -0.15) is 0 Å². The predicted octanol–water partition coefficient (Wildman–Crippen LogP) is 1.46. The van der Waals surface area contributed by atoms with Crippen LogP contribution < -0.4 is 16.1 Å². The second kappa shape index (κ2) is 5.50. The third-order valence-corrected chi connectivity index (χ3v) is 5.07. The lowest BCUT2D eigenvalue weighted by Crippen LogP contribution is -2.63. The number of aromatic nitrogens is 2. The van der Waals surface area contributed by atoms with E-state index in [1.165, 1.54) is 22.9 Å². The number of anilines is 1. The van der Waals surface area contributed by atoms with Crippen molar-refractivity contribution in [3.8, 4) is 0 Å². The highest BCUT2D eigenvalue weighted by molar-refractivity contribution is 6.08. The van der Waals surface area contributed by atoms with Crippen molar-refractivity contribution < 1.29 is 14.3 Å². The fourth-order valence-electron chi connectivity index (χ4n) is 3.50. The predicted molar refractivity (Wildman–Crippen MR) is 96.2 cm³/mol. The van der Waals surface area contributed by atoms with Gasteiger partial charge in [0.2, 0.25) is 5.43 Å².